The largest absolute Gasteiger partial charge is 0.233 e. The number of aryl methyl sites for hydroxylation is 1. The Morgan fingerprint density at radius 1 is 0.737 bits per heavy atom. The Bertz CT molecular complexity index is 272. The third-order valence-electron chi connectivity index (χ3n) is 3.63. The topological polar surface area (TPSA) is 43.6 Å². The van der Waals surface area contributed by atoms with Crippen molar-refractivity contribution in [2.75, 3.05) is 0 Å². The number of hydrogen-bond acceptors (Lipinski definition) is 3. The van der Waals surface area contributed by atoms with E-state index in [-0.39, 0.29) is 0 Å². The van der Waals surface area contributed by atoms with Crippen LogP contribution in [0.5, 0.6) is 0 Å². The SMILES string of the molecule is CCCCCCCCCCCCCCn1cnnn1. The fraction of sp³-hybridized carbons (Fsp3) is 0.933. The highest BCUT2D eigenvalue weighted by Crippen LogP contribution is 2.11. The van der Waals surface area contributed by atoms with Gasteiger partial charge in [-0.1, -0.05) is 77.6 Å². The van der Waals surface area contributed by atoms with Crippen molar-refractivity contribution < 1.29 is 0 Å². The summed E-state index contributed by atoms with van der Waals surface area (Å²) in [5.74, 6) is 0. The molecule has 0 amide bonds. The molecule has 4 nitrogen and oxygen atoms in total. The van der Waals surface area contributed by atoms with Gasteiger partial charge in [-0.3, -0.25) is 0 Å². The zero-order valence-corrected chi connectivity index (χ0v) is 12.6. The van der Waals surface area contributed by atoms with Crippen molar-refractivity contribution >= 4 is 0 Å². The van der Waals surface area contributed by atoms with Gasteiger partial charge in [-0.05, 0) is 16.8 Å². The van der Waals surface area contributed by atoms with Gasteiger partial charge in [-0.2, -0.15) is 0 Å². The first-order chi connectivity index (χ1) is 9.43. The van der Waals surface area contributed by atoms with Crippen LogP contribution in [0.4, 0.5) is 0 Å². The van der Waals surface area contributed by atoms with Crippen molar-refractivity contribution in [1.82, 2.24) is 20.2 Å². The lowest BCUT2D eigenvalue weighted by Crippen LogP contribution is -1.98. The Kier molecular flexibility index (Phi) is 10.3. The lowest BCUT2D eigenvalue weighted by atomic mass is 10.1. The number of rotatable bonds is 13. The number of unbranched alkanes of at least 4 members (excludes halogenated alkanes) is 11. The number of aromatic nitrogens is 4. The number of tetrazole rings is 1. The summed E-state index contributed by atoms with van der Waals surface area (Å²) in [5, 5.41) is 11.1. The maximum absolute atomic E-state index is 3.86. The van der Waals surface area contributed by atoms with Crippen molar-refractivity contribution in [1.29, 1.82) is 0 Å². The molecule has 0 unspecified atom stereocenters. The first-order valence-electron chi connectivity index (χ1n) is 8.14. The second-order valence-corrected chi connectivity index (χ2v) is 5.46. The van der Waals surface area contributed by atoms with Gasteiger partial charge in [0.15, 0.2) is 0 Å². The van der Waals surface area contributed by atoms with Gasteiger partial charge in [0, 0.05) is 6.54 Å². The summed E-state index contributed by atoms with van der Waals surface area (Å²) >= 11 is 0. The Morgan fingerprint density at radius 3 is 1.74 bits per heavy atom. The van der Waals surface area contributed by atoms with Crippen LogP contribution < -0.4 is 0 Å². The standard InChI is InChI=1S/C15H30N4/c1-2-3-4-5-6-7-8-9-10-11-12-13-14-19-15-16-17-18-19/h15H,2-14H2,1H3. The second-order valence-electron chi connectivity index (χ2n) is 5.46. The zero-order chi connectivity index (χ0) is 13.6. The molecule has 0 bridgehead atoms. The minimum absolute atomic E-state index is 0.963. The van der Waals surface area contributed by atoms with Crippen LogP contribution in [-0.4, -0.2) is 20.2 Å². The Morgan fingerprint density at radius 2 is 1.26 bits per heavy atom. The van der Waals surface area contributed by atoms with Gasteiger partial charge in [0.05, 0.1) is 0 Å². The quantitative estimate of drug-likeness (QED) is 0.498. The summed E-state index contributed by atoms with van der Waals surface area (Å²) in [4.78, 5) is 0. The molecule has 1 heterocycles. The average Bonchev–Trinajstić information content (AvgIpc) is 2.93. The lowest BCUT2D eigenvalue weighted by molar-refractivity contribution is 0.505. The molecule has 4 heteroatoms. The maximum Gasteiger partial charge on any atom is 0.138 e. The third kappa shape index (κ3) is 9.62. The normalized spacial score (nSPS) is 11.0. The van der Waals surface area contributed by atoms with E-state index in [4.69, 9.17) is 0 Å². The molecular weight excluding hydrogens is 236 g/mol. The fourth-order valence-corrected chi connectivity index (χ4v) is 2.40. The van der Waals surface area contributed by atoms with Gasteiger partial charge in [-0.15, -0.1) is 5.10 Å². The Balaban J connectivity index is 1.72. The molecule has 0 saturated carbocycles. The molecule has 110 valence electrons. The van der Waals surface area contributed by atoms with Crippen LogP contribution in [-0.2, 0) is 6.54 Å². The van der Waals surface area contributed by atoms with Crippen LogP contribution in [0, 0.1) is 0 Å². The van der Waals surface area contributed by atoms with Gasteiger partial charge in [0.2, 0.25) is 0 Å². The molecular formula is C15H30N4. The molecule has 0 spiro atoms. The van der Waals surface area contributed by atoms with E-state index in [2.05, 4.69) is 22.4 Å². The van der Waals surface area contributed by atoms with Crippen LogP contribution in [0.2, 0.25) is 0 Å². The number of hydrogen-bond donors (Lipinski definition) is 0. The molecule has 0 atom stereocenters. The first-order valence-corrected chi connectivity index (χ1v) is 8.14. The van der Waals surface area contributed by atoms with Gasteiger partial charge in [-0.25, -0.2) is 4.68 Å². The Labute approximate surface area is 118 Å². The summed E-state index contributed by atoms with van der Waals surface area (Å²) in [6, 6.07) is 0. The monoisotopic (exact) mass is 266 g/mol. The molecule has 1 rings (SSSR count). The molecule has 1 aromatic heterocycles. The summed E-state index contributed by atoms with van der Waals surface area (Å²) in [6.45, 7) is 3.24. The minimum atomic E-state index is 0.963. The van der Waals surface area contributed by atoms with Gasteiger partial charge in [0.25, 0.3) is 0 Å². The van der Waals surface area contributed by atoms with Crippen molar-refractivity contribution in [2.45, 2.75) is 90.5 Å². The molecule has 0 N–H and O–H groups in total. The smallest absolute Gasteiger partial charge is 0.138 e. The first kappa shape index (κ1) is 16.1. The number of nitrogens with zero attached hydrogens (tertiary/aromatic N) is 4. The van der Waals surface area contributed by atoms with Crippen LogP contribution >= 0.6 is 0 Å². The van der Waals surface area contributed by atoms with Crippen LogP contribution in [0.1, 0.15) is 84.0 Å². The maximum atomic E-state index is 3.86. The molecule has 0 aliphatic rings. The van der Waals surface area contributed by atoms with Gasteiger partial charge >= 0.3 is 0 Å². The van der Waals surface area contributed by atoms with Crippen molar-refractivity contribution in [2.24, 2.45) is 0 Å². The second kappa shape index (κ2) is 12.1. The third-order valence-corrected chi connectivity index (χ3v) is 3.63. The zero-order valence-electron chi connectivity index (χ0n) is 12.6. The molecule has 0 radical (unpaired) electrons. The molecule has 0 saturated heterocycles. The molecule has 0 aliphatic heterocycles. The van der Waals surface area contributed by atoms with E-state index in [9.17, 15) is 0 Å². The van der Waals surface area contributed by atoms with E-state index in [1.807, 2.05) is 4.68 Å². The van der Waals surface area contributed by atoms with Crippen molar-refractivity contribution in [3.8, 4) is 0 Å². The molecule has 0 aliphatic carbocycles. The van der Waals surface area contributed by atoms with Crippen molar-refractivity contribution in [3.63, 3.8) is 0 Å². The summed E-state index contributed by atoms with van der Waals surface area (Å²) in [5.41, 5.74) is 0. The van der Waals surface area contributed by atoms with E-state index in [1.165, 1.54) is 77.0 Å². The molecule has 19 heavy (non-hydrogen) atoms. The van der Waals surface area contributed by atoms with E-state index < -0.39 is 0 Å². The molecule has 0 fully saturated rings. The van der Waals surface area contributed by atoms with E-state index >= 15 is 0 Å². The highest BCUT2D eigenvalue weighted by Gasteiger charge is 1.95. The van der Waals surface area contributed by atoms with Gasteiger partial charge < -0.3 is 0 Å². The van der Waals surface area contributed by atoms with Crippen LogP contribution in [0.25, 0.3) is 0 Å². The minimum Gasteiger partial charge on any atom is -0.233 e. The Hall–Kier alpha value is -0.930. The van der Waals surface area contributed by atoms with E-state index in [0.29, 0.717) is 0 Å². The predicted molar refractivity (Wildman–Crippen MR) is 78.9 cm³/mol. The summed E-state index contributed by atoms with van der Waals surface area (Å²) in [6.07, 6.45) is 18.3. The molecule has 1 aromatic rings. The van der Waals surface area contributed by atoms with Gasteiger partial charge in [0.1, 0.15) is 6.33 Å². The fourth-order valence-electron chi connectivity index (χ4n) is 2.40. The molecule has 0 aromatic carbocycles. The van der Waals surface area contributed by atoms with E-state index in [1.54, 1.807) is 6.33 Å². The summed E-state index contributed by atoms with van der Waals surface area (Å²) in [7, 11) is 0. The van der Waals surface area contributed by atoms with Crippen LogP contribution in [0.15, 0.2) is 6.33 Å². The highest BCUT2D eigenvalue weighted by molar-refractivity contribution is 4.50. The average molecular weight is 266 g/mol. The van der Waals surface area contributed by atoms with Crippen molar-refractivity contribution in [3.05, 3.63) is 6.33 Å². The van der Waals surface area contributed by atoms with E-state index in [0.717, 1.165) is 6.54 Å². The lowest BCUT2D eigenvalue weighted by Gasteiger charge is -2.02. The highest BCUT2D eigenvalue weighted by atomic mass is 15.5. The van der Waals surface area contributed by atoms with Crippen LogP contribution in [0.3, 0.4) is 0 Å². The predicted octanol–water partition coefficient (Wildman–Crippen LogP) is 4.37. The summed E-state index contributed by atoms with van der Waals surface area (Å²) < 4.78 is 1.82.